The van der Waals surface area contributed by atoms with Crippen LogP contribution in [0.5, 0.6) is 5.75 Å². The molecule has 1 heterocycles. The maximum absolute atomic E-state index is 5.43. The molecule has 0 fully saturated rings. The quantitative estimate of drug-likeness (QED) is 0.598. The van der Waals surface area contributed by atoms with Crippen molar-refractivity contribution in [1.29, 1.82) is 0 Å². The van der Waals surface area contributed by atoms with Gasteiger partial charge in [0.05, 0.1) is 0 Å². The highest BCUT2D eigenvalue weighted by Crippen LogP contribution is 2.20. The molecule has 1 aromatic rings. The summed E-state index contributed by atoms with van der Waals surface area (Å²) in [7, 11) is 0. The van der Waals surface area contributed by atoms with Crippen molar-refractivity contribution in [2.24, 2.45) is 0 Å². The topological polar surface area (TPSA) is 33.3 Å². The first-order valence-corrected chi connectivity index (χ1v) is 4.04. The molecule has 0 aromatic heterocycles. The van der Waals surface area contributed by atoms with Gasteiger partial charge in [0.15, 0.2) is 6.73 Å². The van der Waals surface area contributed by atoms with Crippen molar-refractivity contribution >= 4 is 0 Å². The van der Waals surface area contributed by atoms with E-state index in [1.807, 2.05) is 6.07 Å². The molecule has 3 heteroatoms. The van der Waals surface area contributed by atoms with E-state index in [1.54, 1.807) is 0 Å². The highest BCUT2D eigenvalue weighted by Gasteiger charge is 2.06. The van der Waals surface area contributed by atoms with Crippen LogP contribution in [0.15, 0.2) is 18.2 Å². The van der Waals surface area contributed by atoms with Crippen LogP contribution < -0.4 is 15.6 Å². The molecule has 2 rings (SSSR count). The predicted octanol–water partition coefficient (Wildman–Crippen LogP) is 0.939. The van der Waals surface area contributed by atoms with Gasteiger partial charge in [-0.05, 0) is 13.0 Å². The molecule has 1 aliphatic rings. The van der Waals surface area contributed by atoms with Crippen molar-refractivity contribution in [2.75, 3.05) is 6.73 Å². The van der Waals surface area contributed by atoms with Gasteiger partial charge in [-0.1, -0.05) is 17.7 Å². The molecule has 12 heavy (non-hydrogen) atoms. The minimum absolute atomic E-state index is 0.524. The maximum Gasteiger partial charge on any atom is 0.151 e. The third-order valence-corrected chi connectivity index (χ3v) is 1.92. The molecule has 0 unspecified atom stereocenters. The van der Waals surface area contributed by atoms with Crippen LogP contribution in [0.3, 0.4) is 0 Å². The molecule has 0 amide bonds. The molecule has 0 saturated heterocycles. The summed E-state index contributed by atoms with van der Waals surface area (Å²) >= 11 is 0. The lowest BCUT2D eigenvalue weighted by atomic mass is 10.1. The predicted molar refractivity (Wildman–Crippen MR) is 46.6 cm³/mol. The molecule has 64 valence electrons. The molecule has 3 nitrogen and oxygen atoms in total. The molecule has 1 aliphatic heterocycles. The molecule has 0 aliphatic carbocycles. The largest absolute Gasteiger partial charge is 0.477 e. The number of fused-ring (bicyclic) bond motifs is 1. The molecular formula is C9H12N2O. The van der Waals surface area contributed by atoms with Gasteiger partial charge >= 0.3 is 0 Å². The second-order valence-electron chi connectivity index (χ2n) is 2.93. The van der Waals surface area contributed by atoms with E-state index in [1.165, 1.54) is 11.1 Å². The first-order chi connectivity index (χ1) is 5.86. The fourth-order valence-corrected chi connectivity index (χ4v) is 1.31. The van der Waals surface area contributed by atoms with Gasteiger partial charge in [0.1, 0.15) is 5.75 Å². The summed E-state index contributed by atoms with van der Waals surface area (Å²) in [6.07, 6.45) is 0. The Balaban J connectivity index is 2.36. The van der Waals surface area contributed by atoms with E-state index >= 15 is 0 Å². The number of hydrogen-bond donors (Lipinski definition) is 2. The van der Waals surface area contributed by atoms with Crippen molar-refractivity contribution in [2.45, 2.75) is 13.5 Å². The van der Waals surface area contributed by atoms with Crippen LogP contribution in [-0.2, 0) is 6.54 Å². The molecule has 2 N–H and O–H groups in total. The van der Waals surface area contributed by atoms with E-state index < -0.39 is 0 Å². The van der Waals surface area contributed by atoms with Crippen molar-refractivity contribution in [3.8, 4) is 5.75 Å². The Kier molecular flexibility index (Phi) is 1.98. The van der Waals surface area contributed by atoms with Gasteiger partial charge in [0.25, 0.3) is 0 Å². The Hall–Kier alpha value is -1.06. The smallest absolute Gasteiger partial charge is 0.151 e. The molecule has 0 saturated carbocycles. The fraction of sp³-hybridized carbons (Fsp3) is 0.333. The summed E-state index contributed by atoms with van der Waals surface area (Å²) in [6.45, 7) is 3.42. The van der Waals surface area contributed by atoms with E-state index in [0.717, 1.165) is 12.3 Å². The first kappa shape index (κ1) is 7.58. The van der Waals surface area contributed by atoms with E-state index in [0.29, 0.717) is 6.73 Å². The minimum Gasteiger partial charge on any atom is -0.477 e. The Bertz CT molecular complexity index is 286. The molecular weight excluding hydrogens is 152 g/mol. The maximum atomic E-state index is 5.43. The van der Waals surface area contributed by atoms with Crippen molar-refractivity contribution in [3.05, 3.63) is 29.3 Å². The highest BCUT2D eigenvalue weighted by atomic mass is 16.5. The summed E-state index contributed by atoms with van der Waals surface area (Å²) in [4.78, 5) is 0. The van der Waals surface area contributed by atoms with E-state index in [4.69, 9.17) is 4.74 Å². The average Bonchev–Trinajstić information content (AvgIpc) is 2.28. The Labute approximate surface area is 71.7 Å². The van der Waals surface area contributed by atoms with Crippen LogP contribution in [0.4, 0.5) is 0 Å². The third-order valence-electron chi connectivity index (χ3n) is 1.92. The number of ether oxygens (including phenoxy) is 1. The molecule has 0 spiro atoms. The summed E-state index contributed by atoms with van der Waals surface area (Å²) in [6, 6.07) is 6.21. The summed E-state index contributed by atoms with van der Waals surface area (Å²) in [5.74, 6) is 0.970. The van der Waals surface area contributed by atoms with Gasteiger partial charge in [0.2, 0.25) is 0 Å². The van der Waals surface area contributed by atoms with Crippen molar-refractivity contribution in [3.63, 3.8) is 0 Å². The van der Waals surface area contributed by atoms with E-state index in [2.05, 4.69) is 29.9 Å². The number of rotatable bonds is 0. The Morgan fingerprint density at radius 3 is 3.17 bits per heavy atom. The number of nitrogens with one attached hydrogen (secondary N) is 2. The lowest BCUT2D eigenvalue weighted by molar-refractivity contribution is 0.274. The lowest BCUT2D eigenvalue weighted by Gasteiger charge is -2.05. The van der Waals surface area contributed by atoms with Crippen LogP contribution >= 0.6 is 0 Å². The van der Waals surface area contributed by atoms with Gasteiger partial charge in [-0.2, -0.15) is 0 Å². The molecule has 0 bridgehead atoms. The van der Waals surface area contributed by atoms with Crippen LogP contribution in [-0.4, -0.2) is 6.73 Å². The second-order valence-corrected chi connectivity index (χ2v) is 2.93. The average molecular weight is 164 g/mol. The van der Waals surface area contributed by atoms with Gasteiger partial charge in [0, 0.05) is 12.1 Å². The molecule has 0 atom stereocenters. The highest BCUT2D eigenvalue weighted by molar-refractivity contribution is 5.37. The Morgan fingerprint density at radius 2 is 2.25 bits per heavy atom. The SMILES string of the molecule is Cc1ccc2c(c1)CNNCO2. The number of benzene rings is 1. The summed E-state index contributed by atoms with van der Waals surface area (Å²) in [5.41, 5.74) is 8.47. The van der Waals surface area contributed by atoms with Gasteiger partial charge < -0.3 is 4.74 Å². The monoisotopic (exact) mass is 164 g/mol. The zero-order chi connectivity index (χ0) is 8.39. The zero-order valence-corrected chi connectivity index (χ0v) is 7.05. The number of hydrazine groups is 1. The van der Waals surface area contributed by atoms with Crippen LogP contribution in [0.2, 0.25) is 0 Å². The van der Waals surface area contributed by atoms with Crippen molar-refractivity contribution in [1.82, 2.24) is 10.9 Å². The normalized spacial score (nSPS) is 16.1. The third kappa shape index (κ3) is 1.42. The van der Waals surface area contributed by atoms with Gasteiger partial charge in [-0.3, -0.25) is 5.43 Å². The Morgan fingerprint density at radius 1 is 1.33 bits per heavy atom. The van der Waals surface area contributed by atoms with Crippen LogP contribution in [0.1, 0.15) is 11.1 Å². The summed E-state index contributed by atoms with van der Waals surface area (Å²) in [5, 5.41) is 0. The number of aryl methyl sites for hydroxylation is 1. The first-order valence-electron chi connectivity index (χ1n) is 4.04. The minimum atomic E-state index is 0.524. The van der Waals surface area contributed by atoms with Crippen molar-refractivity contribution < 1.29 is 4.74 Å². The lowest BCUT2D eigenvalue weighted by Crippen LogP contribution is -2.31. The van der Waals surface area contributed by atoms with Gasteiger partial charge in [-0.15, -0.1) is 0 Å². The number of hydrogen-bond acceptors (Lipinski definition) is 3. The van der Waals surface area contributed by atoms with Gasteiger partial charge in [-0.25, -0.2) is 5.43 Å². The van der Waals surface area contributed by atoms with Crippen LogP contribution in [0.25, 0.3) is 0 Å². The summed E-state index contributed by atoms with van der Waals surface area (Å²) < 4.78 is 5.43. The molecule has 1 aromatic carbocycles. The zero-order valence-electron chi connectivity index (χ0n) is 7.05. The van der Waals surface area contributed by atoms with Crippen LogP contribution in [0, 0.1) is 6.92 Å². The van der Waals surface area contributed by atoms with E-state index in [9.17, 15) is 0 Å². The van der Waals surface area contributed by atoms with E-state index in [-0.39, 0.29) is 0 Å². The molecule has 0 radical (unpaired) electrons. The standard InChI is InChI=1S/C9H12N2O/c1-7-2-3-9-8(4-7)5-10-11-6-12-9/h2-4,10-11H,5-6H2,1H3. The second kappa shape index (κ2) is 3.13. The fourth-order valence-electron chi connectivity index (χ4n) is 1.31.